The smallest absolute Gasteiger partial charge is 0.243 e. The monoisotopic (exact) mass is 447 g/mol. The van der Waals surface area contributed by atoms with Gasteiger partial charge in [-0.05, 0) is 85.6 Å². The van der Waals surface area contributed by atoms with Crippen molar-refractivity contribution in [3.63, 3.8) is 0 Å². The number of allylic oxidation sites excluding steroid dienone is 1. The number of amides is 1. The fourth-order valence-corrected chi connectivity index (χ4v) is 4.48. The van der Waals surface area contributed by atoms with E-state index >= 15 is 0 Å². The first kappa shape index (κ1) is 22.8. The molecular weight excluding hydrogens is 420 g/mol. The van der Waals surface area contributed by atoms with Crippen LogP contribution in [-0.2, 0) is 16.6 Å². The van der Waals surface area contributed by atoms with Crippen molar-refractivity contribution in [1.29, 1.82) is 0 Å². The molecule has 1 saturated carbocycles. The first-order valence-corrected chi connectivity index (χ1v) is 11.2. The number of carbonyl (C=O) groups is 1. The lowest BCUT2D eigenvalue weighted by Crippen LogP contribution is -2.31. The average Bonchev–Trinajstić information content (AvgIpc) is 3.55. The van der Waals surface area contributed by atoms with Crippen LogP contribution in [0.1, 0.15) is 42.9 Å². The summed E-state index contributed by atoms with van der Waals surface area (Å²) in [4.78, 5) is 20.5. The molecule has 0 spiro atoms. The number of benzene rings is 2. The minimum atomic E-state index is -0.373. The minimum absolute atomic E-state index is 0.0462. The van der Waals surface area contributed by atoms with Gasteiger partial charge < -0.3 is 5.32 Å². The van der Waals surface area contributed by atoms with Gasteiger partial charge in [0.2, 0.25) is 5.91 Å². The summed E-state index contributed by atoms with van der Waals surface area (Å²) in [5, 5.41) is 3.01. The van der Waals surface area contributed by atoms with E-state index in [2.05, 4.69) is 15.3 Å². The van der Waals surface area contributed by atoms with E-state index in [0.29, 0.717) is 0 Å². The second kappa shape index (κ2) is 10.0. The molecule has 1 aliphatic rings. The topological polar surface area (TPSA) is 54.9 Å². The number of rotatable bonds is 9. The van der Waals surface area contributed by atoms with Crippen LogP contribution in [0.4, 0.5) is 8.78 Å². The molecule has 3 aromatic rings. The molecule has 4 nitrogen and oxygen atoms in total. The molecule has 1 aromatic heterocycles. The SMILES string of the molecule is C[C@@H](CCCc1cncnc1)NC(=O)C=C[C@H]1CC1(c1ccc(F)cc1)c1ccc(F)cc1. The summed E-state index contributed by atoms with van der Waals surface area (Å²) in [6.45, 7) is 1.99. The van der Waals surface area contributed by atoms with Crippen molar-refractivity contribution >= 4 is 5.91 Å². The van der Waals surface area contributed by atoms with Gasteiger partial charge >= 0.3 is 0 Å². The zero-order valence-electron chi connectivity index (χ0n) is 18.5. The molecule has 6 heteroatoms. The fourth-order valence-electron chi connectivity index (χ4n) is 4.48. The molecule has 2 atom stereocenters. The maximum absolute atomic E-state index is 13.5. The molecule has 1 fully saturated rings. The van der Waals surface area contributed by atoms with Crippen molar-refractivity contribution in [1.82, 2.24) is 15.3 Å². The summed E-state index contributed by atoms with van der Waals surface area (Å²) < 4.78 is 27.0. The maximum Gasteiger partial charge on any atom is 0.243 e. The Morgan fingerprint density at radius 3 is 2.21 bits per heavy atom. The van der Waals surface area contributed by atoms with E-state index in [1.165, 1.54) is 30.6 Å². The Bertz CT molecular complexity index is 1050. The average molecular weight is 448 g/mol. The van der Waals surface area contributed by atoms with Crippen molar-refractivity contribution in [3.05, 3.63) is 108 Å². The second-order valence-electron chi connectivity index (χ2n) is 8.70. The van der Waals surface area contributed by atoms with Crippen LogP contribution in [0.5, 0.6) is 0 Å². The Kier molecular flexibility index (Phi) is 6.92. The highest BCUT2D eigenvalue weighted by atomic mass is 19.1. The molecule has 0 unspecified atom stereocenters. The predicted octanol–water partition coefficient (Wildman–Crippen LogP) is 5.14. The Balaban J connectivity index is 1.37. The maximum atomic E-state index is 13.5. The first-order valence-electron chi connectivity index (χ1n) is 11.2. The quantitative estimate of drug-likeness (QED) is 0.462. The first-order chi connectivity index (χ1) is 16.0. The number of aryl methyl sites for hydroxylation is 1. The lowest BCUT2D eigenvalue weighted by atomic mass is 9.85. The number of hydrogen-bond donors (Lipinski definition) is 1. The van der Waals surface area contributed by atoms with Gasteiger partial charge in [0.05, 0.1) is 0 Å². The lowest BCUT2D eigenvalue weighted by molar-refractivity contribution is -0.117. The van der Waals surface area contributed by atoms with Crippen LogP contribution in [0.3, 0.4) is 0 Å². The third-order valence-electron chi connectivity index (χ3n) is 6.32. The molecule has 0 saturated heterocycles. The highest BCUT2D eigenvalue weighted by Crippen LogP contribution is 2.59. The largest absolute Gasteiger partial charge is 0.350 e. The summed E-state index contributed by atoms with van der Waals surface area (Å²) in [6, 6.07) is 12.9. The molecule has 1 amide bonds. The number of hydrogen-bond acceptors (Lipinski definition) is 3. The van der Waals surface area contributed by atoms with Gasteiger partial charge in [-0.1, -0.05) is 30.3 Å². The van der Waals surface area contributed by atoms with Gasteiger partial charge in [-0.3, -0.25) is 4.79 Å². The zero-order chi connectivity index (χ0) is 23.3. The Hall–Kier alpha value is -3.41. The lowest BCUT2D eigenvalue weighted by Gasteiger charge is -2.18. The van der Waals surface area contributed by atoms with Gasteiger partial charge in [-0.25, -0.2) is 18.7 Å². The standard InChI is InChI=1S/C27H27F2N3O/c1-19(3-2-4-20-16-30-18-31-17-20)32-26(33)14-9-23-15-27(23,21-5-10-24(28)11-6-21)22-7-12-25(29)13-8-22/h5-14,16-19,23H,2-4,15H2,1H3,(H,32,33)/t19-,23-/m0/s1. The highest BCUT2D eigenvalue weighted by Gasteiger charge is 2.55. The zero-order valence-corrected chi connectivity index (χ0v) is 18.5. The summed E-state index contributed by atoms with van der Waals surface area (Å²) in [5.74, 6) is -0.653. The third-order valence-corrected chi connectivity index (χ3v) is 6.32. The van der Waals surface area contributed by atoms with Crippen LogP contribution in [0.15, 0.2) is 79.4 Å². The van der Waals surface area contributed by atoms with E-state index in [9.17, 15) is 13.6 Å². The number of nitrogens with one attached hydrogen (secondary N) is 1. The van der Waals surface area contributed by atoms with Crippen LogP contribution in [0, 0.1) is 17.6 Å². The molecular formula is C27H27F2N3O. The molecule has 0 radical (unpaired) electrons. The number of nitrogens with zero attached hydrogens (tertiary/aromatic N) is 2. The van der Waals surface area contributed by atoms with Crippen LogP contribution < -0.4 is 5.32 Å². The highest BCUT2D eigenvalue weighted by molar-refractivity contribution is 5.87. The van der Waals surface area contributed by atoms with Crippen molar-refractivity contribution in [2.45, 2.75) is 44.1 Å². The van der Waals surface area contributed by atoms with Gasteiger partial charge in [-0.2, -0.15) is 0 Å². The van der Waals surface area contributed by atoms with Crippen LogP contribution in [-0.4, -0.2) is 21.9 Å². The van der Waals surface area contributed by atoms with E-state index in [1.807, 2.05) is 25.4 Å². The Morgan fingerprint density at radius 1 is 1.06 bits per heavy atom. The third kappa shape index (κ3) is 5.51. The second-order valence-corrected chi connectivity index (χ2v) is 8.70. The molecule has 170 valence electrons. The van der Waals surface area contributed by atoms with Crippen LogP contribution in [0.2, 0.25) is 0 Å². The van der Waals surface area contributed by atoms with Gasteiger partial charge in [-0.15, -0.1) is 0 Å². The molecule has 1 N–H and O–H groups in total. The summed E-state index contributed by atoms with van der Waals surface area (Å²) >= 11 is 0. The molecule has 0 aliphatic heterocycles. The molecule has 33 heavy (non-hydrogen) atoms. The van der Waals surface area contributed by atoms with Gasteiger partial charge in [0.1, 0.15) is 18.0 Å². The van der Waals surface area contributed by atoms with Crippen LogP contribution >= 0.6 is 0 Å². The molecule has 0 bridgehead atoms. The predicted molar refractivity (Wildman–Crippen MR) is 123 cm³/mol. The molecule has 1 aliphatic carbocycles. The Labute approximate surface area is 192 Å². The van der Waals surface area contributed by atoms with Gasteiger partial charge in [0, 0.05) is 23.9 Å². The van der Waals surface area contributed by atoms with Crippen LogP contribution in [0.25, 0.3) is 0 Å². The molecule has 4 rings (SSSR count). The van der Waals surface area contributed by atoms with E-state index in [0.717, 1.165) is 42.4 Å². The minimum Gasteiger partial charge on any atom is -0.350 e. The number of carbonyl (C=O) groups excluding carboxylic acids is 1. The number of aromatic nitrogens is 2. The van der Waals surface area contributed by atoms with Gasteiger partial charge in [0.25, 0.3) is 0 Å². The van der Waals surface area contributed by atoms with Crippen molar-refractivity contribution in [2.24, 2.45) is 5.92 Å². The van der Waals surface area contributed by atoms with E-state index < -0.39 is 0 Å². The normalized spacial score (nSPS) is 17.6. The summed E-state index contributed by atoms with van der Waals surface area (Å²) in [5.41, 5.74) is 2.64. The van der Waals surface area contributed by atoms with E-state index in [4.69, 9.17) is 0 Å². The fraction of sp³-hybridized carbons (Fsp3) is 0.296. The van der Waals surface area contributed by atoms with Gasteiger partial charge in [0.15, 0.2) is 0 Å². The molecule has 2 aromatic carbocycles. The van der Waals surface area contributed by atoms with Crippen molar-refractivity contribution < 1.29 is 13.6 Å². The Morgan fingerprint density at radius 2 is 1.64 bits per heavy atom. The van der Waals surface area contributed by atoms with E-state index in [-0.39, 0.29) is 34.9 Å². The summed E-state index contributed by atoms with van der Waals surface area (Å²) in [7, 11) is 0. The van der Waals surface area contributed by atoms with E-state index in [1.54, 1.807) is 30.3 Å². The van der Waals surface area contributed by atoms with Crippen molar-refractivity contribution in [2.75, 3.05) is 0 Å². The molecule has 1 heterocycles. The summed E-state index contributed by atoms with van der Waals surface area (Å²) in [6.07, 6.45) is 12.1. The van der Waals surface area contributed by atoms with Crippen molar-refractivity contribution in [3.8, 4) is 0 Å². The number of halogens is 2.